The first-order valence-corrected chi connectivity index (χ1v) is 12.7. The quantitative estimate of drug-likeness (QED) is 0.129. The molecule has 2 unspecified atom stereocenters. The number of carbonyl (C=O) groups is 3. The highest BCUT2D eigenvalue weighted by Crippen LogP contribution is 2.28. The second kappa shape index (κ2) is 12.3. The topological polar surface area (TPSA) is 200 Å². The minimum atomic E-state index is -4.33. The zero-order valence-corrected chi connectivity index (χ0v) is 20.2. The number of alkyl carbamates (subject to hydrolysis) is 1. The van der Waals surface area contributed by atoms with Gasteiger partial charge in [-0.25, -0.2) is 4.79 Å². The average molecular weight is 506 g/mol. The molecule has 0 saturated carbocycles. The smallest absolute Gasteiger partial charge is 0.410 e. The van der Waals surface area contributed by atoms with Crippen LogP contribution in [0.2, 0.25) is 0 Å². The number of carboxylic acids is 1. The summed E-state index contributed by atoms with van der Waals surface area (Å²) < 4.78 is 68.2. The molecule has 0 heterocycles. The predicted molar refractivity (Wildman–Crippen MR) is 111 cm³/mol. The number of rotatable bonds is 14. The van der Waals surface area contributed by atoms with Crippen molar-refractivity contribution in [1.82, 2.24) is 5.32 Å². The van der Waals surface area contributed by atoms with Crippen LogP contribution in [0.1, 0.15) is 41.0 Å². The van der Waals surface area contributed by atoms with Crippen molar-refractivity contribution >= 4 is 38.3 Å². The van der Waals surface area contributed by atoms with E-state index in [1.165, 1.54) is 20.8 Å². The third kappa shape index (κ3) is 12.8. The van der Waals surface area contributed by atoms with E-state index in [1.807, 2.05) is 0 Å². The third-order valence-corrected chi connectivity index (χ3v) is 6.20. The number of nitrogens with one attached hydrogen (secondary N) is 1. The summed E-state index contributed by atoms with van der Waals surface area (Å²) in [5, 5.41) is 11.7. The van der Waals surface area contributed by atoms with Gasteiger partial charge in [0.15, 0.2) is 0 Å². The summed E-state index contributed by atoms with van der Waals surface area (Å²) in [6.07, 6.45) is -2.66. The first kappa shape index (κ1) is 30.0. The van der Waals surface area contributed by atoms with Gasteiger partial charge in [0.1, 0.15) is 0 Å². The van der Waals surface area contributed by atoms with Gasteiger partial charge in [-0.1, -0.05) is 27.7 Å². The van der Waals surface area contributed by atoms with Crippen LogP contribution >= 0.6 is 0 Å². The second-order valence-corrected chi connectivity index (χ2v) is 11.3. The first-order chi connectivity index (χ1) is 14.4. The zero-order valence-electron chi connectivity index (χ0n) is 18.6. The number of esters is 1. The van der Waals surface area contributed by atoms with Crippen LogP contribution in [0.15, 0.2) is 0 Å². The predicted octanol–water partition coefficient (Wildman–Crippen LogP) is 0.609. The van der Waals surface area contributed by atoms with E-state index in [0.717, 1.165) is 0 Å². The highest BCUT2D eigenvalue weighted by Gasteiger charge is 2.37. The Balaban J connectivity index is 4.84. The minimum absolute atomic E-state index is 0.406. The van der Waals surface area contributed by atoms with Crippen LogP contribution in [0.5, 0.6) is 0 Å². The van der Waals surface area contributed by atoms with Crippen molar-refractivity contribution in [2.75, 3.05) is 24.7 Å². The van der Waals surface area contributed by atoms with E-state index >= 15 is 0 Å². The normalized spacial score (nSPS) is 14.5. The lowest BCUT2D eigenvalue weighted by Crippen LogP contribution is -2.44. The fourth-order valence-electron chi connectivity index (χ4n) is 2.22. The second-order valence-electron chi connectivity index (χ2n) is 7.99. The zero-order chi connectivity index (χ0) is 25.3. The van der Waals surface area contributed by atoms with Gasteiger partial charge in [-0.15, -0.1) is 0 Å². The standard InChI is InChI=1S/C17H31NO12S2/c1-11(2)15(21)29-12(3)30-16(22)18-9-13(14(19)20)17(4,5)10-28-32(26,27)8-6-7-31(23,24)25/h11-13H,6-10H2,1-5H3,(H,18,22)(H,19,20)(H,23,24,25). The van der Waals surface area contributed by atoms with Gasteiger partial charge in [0.05, 0.1) is 29.9 Å². The first-order valence-electron chi connectivity index (χ1n) is 9.56. The molecule has 15 heteroatoms. The molecular formula is C17H31NO12S2. The van der Waals surface area contributed by atoms with Crippen LogP contribution in [0, 0.1) is 17.3 Å². The average Bonchev–Trinajstić information content (AvgIpc) is 2.58. The molecule has 0 radical (unpaired) electrons. The third-order valence-electron chi connectivity index (χ3n) is 4.13. The van der Waals surface area contributed by atoms with Crippen molar-refractivity contribution in [2.45, 2.75) is 47.3 Å². The van der Waals surface area contributed by atoms with Crippen LogP contribution in [0.25, 0.3) is 0 Å². The Bertz CT molecular complexity index is 864. The van der Waals surface area contributed by atoms with E-state index < -0.39 is 92.9 Å². The number of hydrogen-bond donors (Lipinski definition) is 3. The maximum Gasteiger partial charge on any atom is 0.410 e. The molecule has 0 aliphatic rings. The van der Waals surface area contributed by atoms with Gasteiger partial charge in [0.2, 0.25) is 6.29 Å². The summed E-state index contributed by atoms with van der Waals surface area (Å²) in [6.45, 7) is 6.27. The monoisotopic (exact) mass is 505 g/mol. The van der Waals surface area contributed by atoms with Gasteiger partial charge in [-0.05, 0) is 6.42 Å². The van der Waals surface area contributed by atoms with E-state index in [-0.39, 0.29) is 0 Å². The molecule has 0 aliphatic carbocycles. The Morgan fingerprint density at radius 3 is 2.03 bits per heavy atom. The Labute approximate surface area is 187 Å². The number of aliphatic carboxylic acids is 1. The highest BCUT2D eigenvalue weighted by molar-refractivity contribution is 7.87. The molecule has 0 aromatic heterocycles. The van der Waals surface area contributed by atoms with E-state index in [1.54, 1.807) is 13.8 Å². The van der Waals surface area contributed by atoms with Crippen molar-refractivity contribution in [2.24, 2.45) is 17.3 Å². The SMILES string of the molecule is CC(OC(=O)NCC(C(=O)O)C(C)(C)COS(=O)(=O)CCCS(=O)(=O)O)OC(=O)C(C)C. The Hall–Kier alpha value is -1.97. The van der Waals surface area contributed by atoms with Gasteiger partial charge in [-0.3, -0.25) is 18.3 Å². The molecule has 0 aromatic rings. The lowest BCUT2D eigenvalue weighted by Gasteiger charge is -2.31. The van der Waals surface area contributed by atoms with Crippen LogP contribution < -0.4 is 5.32 Å². The molecule has 13 nitrogen and oxygen atoms in total. The number of carboxylic acid groups (broad SMARTS) is 1. The van der Waals surface area contributed by atoms with Crippen molar-refractivity contribution < 1.29 is 54.5 Å². The molecule has 0 spiro atoms. The van der Waals surface area contributed by atoms with Crippen LogP contribution in [0.3, 0.4) is 0 Å². The summed E-state index contributed by atoms with van der Waals surface area (Å²) in [7, 11) is -8.52. The summed E-state index contributed by atoms with van der Waals surface area (Å²) in [6, 6.07) is 0. The number of hydrogen-bond acceptors (Lipinski definition) is 10. The van der Waals surface area contributed by atoms with Crippen LogP contribution in [0.4, 0.5) is 4.79 Å². The van der Waals surface area contributed by atoms with Gasteiger partial charge in [-0.2, -0.15) is 16.8 Å². The van der Waals surface area contributed by atoms with Crippen LogP contribution in [-0.4, -0.2) is 75.5 Å². The van der Waals surface area contributed by atoms with Crippen LogP contribution in [-0.2, 0) is 43.5 Å². The van der Waals surface area contributed by atoms with Gasteiger partial charge >= 0.3 is 18.0 Å². The molecule has 32 heavy (non-hydrogen) atoms. The summed E-state index contributed by atoms with van der Waals surface area (Å²) in [4.78, 5) is 35.0. The van der Waals surface area contributed by atoms with Gasteiger partial charge < -0.3 is 19.9 Å². The number of ether oxygens (including phenoxy) is 2. The fraction of sp³-hybridized carbons (Fsp3) is 0.824. The molecule has 188 valence electrons. The molecule has 0 saturated heterocycles. The molecular weight excluding hydrogens is 474 g/mol. The van der Waals surface area contributed by atoms with E-state index in [9.17, 15) is 36.3 Å². The molecule has 2 atom stereocenters. The fourth-order valence-corrected chi connectivity index (χ4v) is 4.01. The molecule has 3 N–H and O–H groups in total. The molecule has 0 fully saturated rings. The minimum Gasteiger partial charge on any atom is -0.481 e. The number of amides is 1. The van der Waals surface area contributed by atoms with Crippen molar-refractivity contribution in [3.63, 3.8) is 0 Å². The van der Waals surface area contributed by atoms with E-state index in [2.05, 4.69) is 5.32 Å². The largest absolute Gasteiger partial charge is 0.481 e. The lowest BCUT2D eigenvalue weighted by atomic mass is 9.79. The Morgan fingerprint density at radius 1 is 1.00 bits per heavy atom. The molecule has 1 amide bonds. The Kier molecular flexibility index (Phi) is 11.6. The summed E-state index contributed by atoms with van der Waals surface area (Å²) in [5.41, 5.74) is -1.29. The highest BCUT2D eigenvalue weighted by atomic mass is 32.2. The lowest BCUT2D eigenvalue weighted by molar-refractivity contribution is -0.168. The van der Waals surface area contributed by atoms with Gasteiger partial charge in [0, 0.05) is 18.9 Å². The van der Waals surface area contributed by atoms with Gasteiger partial charge in [0.25, 0.3) is 20.2 Å². The van der Waals surface area contributed by atoms with Crippen molar-refractivity contribution in [1.29, 1.82) is 0 Å². The summed E-state index contributed by atoms with van der Waals surface area (Å²) >= 11 is 0. The summed E-state index contributed by atoms with van der Waals surface area (Å²) in [5.74, 6) is -5.14. The molecule has 0 bridgehead atoms. The van der Waals surface area contributed by atoms with Crippen molar-refractivity contribution in [3.05, 3.63) is 0 Å². The Morgan fingerprint density at radius 2 is 1.56 bits per heavy atom. The molecule has 0 aliphatic heterocycles. The number of carbonyl (C=O) groups excluding carboxylic acids is 2. The van der Waals surface area contributed by atoms with E-state index in [4.69, 9.17) is 18.2 Å². The maximum atomic E-state index is 11.9. The maximum absolute atomic E-state index is 11.9. The molecule has 0 aromatic carbocycles. The van der Waals surface area contributed by atoms with E-state index in [0.29, 0.717) is 0 Å². The molecule has 0 rings (SSSR count). The van der Waals surface area contributed by atoms with Crippen molar-refractivity contribution in [3.8, 4) is 0 Å².